The lowest BCUT2D eigenvalue weighted by Gasteiger charge is -2.24. The fourth-order valence-corrected chi connectivity index (χ4v) is 4.37. The molecule has 3 N–H and O–H groups in total. The fraction of sp³-hybridized carbons (Fsp3) is 0.923. The van der Waals surface area contributed by atoms with Crippen molar-refractivity contribution in [3.8, 4) is 0 Å². The van der Waals surface area contributed by atoms with Crippen LogP contribution in [-0.4, -0.2) is 52.1 Å². The lowest BCUT2D eigenvalue weighted by atomic mass is 10.00. The van der Waals surface area contributed by atoms with E-state index in [-0.39, 0.29) is 17.5 Å². The first-order valence-electron chi connectivity index (χ1n) is 7.48. The molecule has 0 spiro atoms. The highest BCUT2D eigenvalue weighted by Crippen LogP contribution is 2.17. The van der Waals surface area contributed by atoms with Gasteiger partial charge in [0.2, 0.25) is 0 Å². The Morgan fingerprint density at radius 1 is 1.05 bits per heavy atom. The van der Waals surface area contributed by atoms with Gasteiger partial charge in [-0.2, -0.15) is 0 Å². The summed E-state index contributed by atoms with van der Waals surface area (Å²) in [5.74, 6) is 1.33. The molecule has 7 heteroatoms. The van der Waals surface area contributed by atoms with Gasteiger partial charge in [0.1, 0.15) is 9.84 Å². The molecular formula is C13H25N3O3S. The molecule has 0 aromatic rings. The van der Waals surface area contributed by atoms with Crippen molar-refractivity contribution >= 4 is 15.9 Å². The zero-order chi connectivity index (χ0) is 14.4. The summed E-state index contributed by atoms with van der Waals surface area (Å²) in [5, 5.41) is 9.08. The maximum Gasteiger partial charge on any atom is 0.314 e. The summed E-state index contributed by atoms with van der Waals surface area (Å²) in [5.41, 5.74) is 0. The van der Waals surface area contributed by atoms with Gasteiger partial charge in [0.25, 0.3) is 0 Å². The molecule has 2 fully saturated rings. The fourth-order valence-electron chi connectivity index (χ4n) is 2.78. The third kappa shape index (κ3) is 5.28. The molecule has 0 saturated carbocycles. The van der Waals surface area contributed by atoms with Gasteiger partial charge in [-0.3, -0.25) is 0 Å². The van der Waals surface area contributed by atoms with Gasteiger partial charge in [-0.1, -0.05) is 0 Å². The number of carbonyl (C=O) groups is 1. The van der Waals surface area contributed by atoms with Gasteiger partial charge < -0.3 is 16.0 Å². The molecule has 2 aliphatic heterocycles. The molecule has 1 atom stereocenters. The molecule has 1 unspecified atom stereocenters. The summed E-state index contributed by atoms with van der Waals surface area (Å²) < 4.78 is 22.6. The molecule has 116 valence electrons. The lowest BCUT2D eigenvalue weighted by Crippen LogP contribution is -2.44. The van der Waals surface area contributed by atoms with E-state index in [2.05, 4.69) is 16.0 Å². The van der Waals surface area contributed by atoms with Crippen molar-refractivity contribution in [2.24, 2.45) is 11.8 Å². The number of nitrogens with one attached hydrogen (secondary N) is 3. The molecule has 6 nitrogen and oxygen atoms in total. The van der Waals surface area contributed by atoms with Gasteiger partial charge in [0, 0.05) is 13.1 Å². The van der Waals surface area contributed by atoms with Crippen molar-refractivity contribution in [2.45, 2.75) is 25.7 Å². The van der Waals surface area contributed by atoms with Crippen LogP contribution in [0, 0.1) is 11.8 Å². The zero-order valence-corrected chi connectivity index (χ0v) is 12.7. The van der Waals surface area contributed by atoms with E-state index < -0.39 is 9.84 Å². The van der Waals surface area contributed by atoms with Crippen molar-refractivity contribution in [3.05, 3.63) is 0 Å². The van der Waals surface area contributed by atoms with Crippen molar-refractivity contribution in [1.29, 1.82) is 0 Å². The van der Waals surface area contributed by atoms with Crippen LogP contribution >= 0.6 is 0 Å². The number of sulfone groups is 1. The molecule has 2 heterocycles. The van der Waals surface area contributed by atoms with E-state index in [0.717, 1.165) is 19.5 Å². The van der Waals surface area contributed by atoms with Crippen molar-refractivity contribution < 1.29 is 13.2 Å². The molecular weight excluding hydrogens is 278 g/mol. The Balaban J connectivity index is 1.58. The van der Waals surface area contributed by atoms with E-state index >= 15 is 0 Å². The van der Waals surface area contributed by atoms with Gasteiger partial charge in [-0.15, -0.1) is 0 Å². The highest BCUT2D eigenvalue weighted by atomic mass is 32.2. The Hall–Kier alpha value is -0.820. The Labute approximate surface area is 121 Å². The average Bonchev–Trinajstić information content (AvgIpc) is 2.45. The molecule has 20 heavy (non-hydrogen) atoms. The van der Waals surface area contributed by atoms with E-state index in [1.807, 2.05) is 0 Å². The SMILES string of the molecule is O=C(NCC1CCS(=O)(=O)CC1)NCC1CCCNC1. The van der Waals surface area contributed by atoms with E-state index in [0.29, 0.717) is 37.8 Å². The molecule has 0 radical (unpaired) electrons. The maximum absolute atomic E-state index is 11.7. The van der Waals surface area contributed by atoms with Crippen LogP contribution in [0.2, 0.25) is 0 Å². The number of carbonyl (C=O) groups excluding carboxylic acids is 1. The highest BCUT2D eigenvalue weighted by Gasteiger charge is 2.23. The predicted octanol–water partition coefficient (Wildman–Crippen LogP) is 0.110. The van der Waals surface area contributed by atoms with Crippen molar-refractivity contribution in [2.75, 3.05) is 37.7 Å². The summed E-state index contributed by atoms with van der Waals surface area (Å²) in [7, 11) is -2.81. The summed E-state index contributed by atoms with van der Waals surface area (Å²) in [4.78, 5) is 11.7. The van der Waals surface area contributed by atoms with Crippen LogP contribution in [-0.2, 0) is 9.84 Å². The molecule has 2 aliphatic rings. The summed E-state index contributed by atoms with van der Waals surface area (Å²) in [6, 6.07) is -0.135. The molecule has 0 bridgehead atoms. The van der Waals surface area contributed by atoms with E-state index in [1.54, 1.807) is 0 Å². The number of hydrogen-bond donors (Lipinski definition) is 3. The molecule has 0 aromatic heterocycles. The molecule has 0 aromatic carbocycles. The van der Waals surface area contributed by atoms with E-state index in [4.69, 9.17) is 0 Å². The third-order valence-electron chi connectivity index (χ3n) is 4.18. The van der Waals surface area contributed by atoms with Gasteiger partial charge in [0.05, 0.1) is 11.5 Å². The minimum absolute atomic E-state index is 0.135. The third-order valence-corrected chi connectivity index (χ3v) is 5.89. The van der Waals surface area contributed by atoms with Crippen LogP contribution in [0.3, 0.4) is 0 Å². The normalized spacial score (nSPS) is 26.9. The van der Waals surface area contributed by atoms with Crippen LogP contribution in [0.15, 0.2) is 0 Å². The summed E-state index contributed by atoms with van der Waals surface area (Å²) >= 11 is 0. The van der Waals surface area contributed by atoms with Crippen LogP contribution in [0.4, 0.5) is 4.79 Å². The largest absolute Gasteiger partial charge is 0.338 e. The standard InChI is InChI=1S/C13H25N3O3S/c17-13(16-10-12-2-1-5-14-8-12)15-9-11-3-6-20(18,19)7-4-11/h11-12,14H,1-10H2,(H2,15,16,17). The van der Waals surface area contributed by atoms with Gasteiger partial charge in [-0.25, -0.2) is 13.2 Å². The molecule has 0 aliphatic carbocycles. The minimum atomic E-state index is -2.81. The second-order valence-electron chi connectivity index (χ2n) is 5.90. The van der Waals surface area contributed by atoms with E-state index in [1.165, 1.54) is 6.42 Å². The molecule has 2 saturated heterocycles. The Kier molecular flexibility index (Phi) is 5.65. The van der Waals surface area contributed by atoms with Crippen LogP contribution in [0.1, 0.15) is 25.7 Å². The minimum Gasteiger partial charge on any atom is -0.338 e. The smallest absolute Gasteiger partial charge is 0.314 e. The summed E-state index contributed by atoms with van der Waals surface area (Å²) in [6.45, 7) is 3.33. The monoisotopic (exact) mass is 303 g/mol. The predicted molar refractivity (Wildman–Crippen MR) is 78.4 cm³/mol. The van der Waals surface area contributed by atoms with Crippen LogP contribution < -0.4 is 16.0 Å². The number of urea groups is 1. The Morgan fingerprint density at radius 3 is 2.30 bits per heavy atom. The lowest BCUT2D eigenvalue weighted by molar-refractivity contribution is 0.234. The Morgan fingerprint density at radius 2 is 1.70 bits per heavy atom. The first-order valence-corrected chi connectivity index (χ1v) is 9.30. The average molecular weight is 303 g/mol. The second kappa shape index (κ2) is 7.26. The number of piperidine rings is 1. The van der Waals surface area contributed by atoms with Gasteiger partial charge >= 0.3 is 6.03 Å². The van der Waals surface area contributed by atoms with Crippen molar-refractivity contribution in [3.63, 3.8) is 0 Å². The second-order valence-corrected chi connectivity index (χ2v) is 8.20. The van der Waals surface area contributed by atoms with Crippen LogP contribution in [0.25, 0.3) is 0 Å². The number of hydrogen-bond acceptors (Lipinski definition) is 4. The highest BCUT2D eigenvalue weighted by molar-refractivity contribution is 7.91. The first-order chi connectivity index (χ1) is 9.55. The molecule has 2 amide bonds. The van der Waals surface area contributed by atoms with E-state index in [9.17, 15) is 13.2 Å². The maximum atomic E-state index is 11.7. The Bertz CT molecular complexity index is 405. The quantitative estimate of drug-likeness (QED) is 0.688. The number of rotatable bonds is 4. The first kappa shape index (κ1) is 15.6. The molecule has 2 rings (SSSR count). The van der Waals surface area contributed by atoms with Crippen molar-refractivity contribution in [1.82, 2.24) is 16.0 Å². The summed E-state index contributed by atoms with van der Waals surface area (Å²) in [6.07, 6.45) is 3.66. The van der Waals surface area contributed by atoms with Crippen LogP contribution in [0.5, 0.6) is 0 Å². The topological polar surface area (TPSA) is 87.3 Å². The zero-order valence-electron chi connectivity index (χ0n) is 11.9. The van der Waals surface area contributed by atoms with Gasteiger partial charge in [-0.05, 0) is 50.6 Å². The number of amides is 2. The van der Waals surface area contributed by atoms with Gasteiger partial charge in [0.15, 0.2) is 0 Å².